The Bertz CT molecular complexity index is 682. The van der Waals surface area contributed by atoms with E-state index in [-0.39, 0.29) is 10.9 Å². The van der Waals surface area contributed by atoms with E-state index in [0.717, 1.165) is 4.88 Å². The lowest BCUT2D eigenvalue weighted by Crippen LogP contribution is -2.35. The van der Waals surface area contributed by atoms with Crippen LogP contribution in [-0.4, -0.2) is 31.3 Å². The fourth-order valence-corrected chi connectivity index (χ4v) is 5.83. The van der Waals surface area contributed by atoms with Crippen LogP contribution in [0.4, 0.5) is 0 Å². The zero-order chi connectivity index (χ0) is 15.5. The molecule has 0 aliphatic heterocycles. The standard InChI is InChI=1S/C12H17BrN4O2S2/c1-9(8-17-5-3-4-15-17)16-21(18,19)11-6-10(7-14-2)20-12(11)13/h3-6,9,14,16H,7-8H2,1-2H3. The van der Waals surface area contributed by atoms with Gasteiger partial charge >= 0.3 is 0 Å². The maximum atomic E-state index is 12.4. The van der Waals surface area contributed by atoms with Crippen LogP contribution in [0.3, 0.4) is 0 Å². The Labute approximate surface area is 136 Å². The average molecular weight is 393 g/mol. The van der Waals surface area contributed by atoms with Crippen LogP contribution < -0.4 is 10.0 Å². The number of nitrogens with zero attached hydrogens (tertiary/aromatic N) is 2. The van der Waals surface area contributed by atoms with Crippen molar-refractivity contribution in [1.29, 1.82) is 0 Å². The third kappa shape index (κ3) is 4.36. The lowest BCUT2D eigenvalue weighted by atomic mass is 10.4. The number of hydrogen-bond donors (Lipinski definition) is 2. The number of sulfonamides is 1. The Morgan fingerprint density at radius 2 is 2.29 bits per heavy atom. The van der Waals surface area contributed by atoms with Crippen molar-refractivity contribution < 1.29 is 8.42 Å². The van der Waals surface area contributed by atoms with E-state index in [2.05, 4.69) is 31.1 Å². The first-order valence-corrected chi connectivity index (χ1v) is 9.44. The van der Waals surface area contributed by atoms with Crippen LogP contribution in [0.15, 0.2) is 33.2 Å². The van der Waals surface area contributed by atoms with E-state index in [4.69, 9.17) is 0 Å². The van der Waals surface area contributed by atoms with E-state index < -0.39 is 10.0 Å². The molecule has 1 atom stereocenters. The summed E-state index contributed by atoms with van der Waals surface area (Å²) in [5.41, 5.74) is 0. The first-order valence-electron chi connectivity index (χ1n) is 6.35. The van der Waals surface area contributed by atoms with Gasteiger partial charge in [-0.1, -0.05) is 0 Å². The van der Waals surface area contributed by atoms with Gasteiger partial charge in [-0.15, -0.1) is 11.3 Å². The van der Waals surface area contributed by atoms with Gasteiger partial charge in [0, 0.05) is 29.9 Å². The molecule has 1 unspecified atom stereocenters. The molecule has 2 heterocycles. The molecule has 0 aliphatic carbocycles. The lowest BCUT2D eigenvalue weighted by molar-refractivity contribution is 0.494. The molecular formula is C12H17BrN4O2S2. The second-order valence-corrected chi connectivity index (χ2v) is 8.77. The highest BCUT2D eigenvalue weighted by Gasteiger charge is 2.23. The molecule has 2 aromatic heterocycles. The van der Waals surface area contributed by atoms with Crippen LogP contribution in [0, 0.1) is 0 Å². The van der Waals surface area contributed by atoms with Crippen LogP contribution >= 0.6 is 27.3 Å². The number of nitrogens with one attached hydrogen (secondary N) is 2. The summed E-state index contributed by atoms with van der Waals surface area (Å²) in [5.74, 6) is 0. The highest BCUT2D eigenvalue weighted by molar-refractivity contribution is 9.11. The molecule has 0 amide bonds. The van der Waals surface area contributed by atoms with Gasteiger partial charge in [0.15, 0.2) is 0 Å². The SMILES string of the molecule is CNCc1cc(S(=O)(=O)NC(C)Cn2cccn2)c(Br)s1. The molecule has 0 saturated heterocycles. The Kier molecular flexibility index (Phi) is 5.55. The van der Waals surface area contributed by atoms with Gasteiger partial charge in [-0.05, 0) is 42.0 Å². The summed E-state index contributed by atoms with van der Waals surface area (Å²) < 4.78 is 29.8. The second kappa shape index (κ2) is 7.01. The molecule has 9 heteroatoms. The monoisotopic (exact) mass is 392 g/mol. The topological polar surface area (TPSA) is 76.0 Å². The van der Waals surface area contributed by atoms with E-state index >= 15 is 0 Å². The predicted molar refractivity (Wildman–Crippen MR) is 86.8 cm³/mol. The smallest absolute Gasteiger partial charge is 0.242 e. The summed E-state index contributed by atoms with van der Waals surface area (Å²) in [4.78, 5) is 1.24. The zero-order valence-electron chi connectivity index (χ0n) is 11.7. The maximum absolute atomic E-state index is 12.4. The molecule has 0 aliphatic rings. The van der Waals surface area contributed by atoms with E-state index in [1.54, 1.807) is 29.2 Å². The Balaban J connectivity index is 2.10. The van der Waals surface area contributed by atoms with Crippen molar-refractivity contribution in [2.75, 3.05) is 7.05 Å². The highest BCUT2D eigenvalue weighted by atomic mass is 79.9. The molecule has 6 nitrogen and oxygen atoms in total. The van der Waals surface area contributed by atoms with Crippen molar-refractivity contribution in [3.8, 4) is 0 Å². The summed E-state index contributed by atoms with van der Waals surface area (Å²) in [7, 11) is -1.72. The molecule has 0 fully saturated rings. The minimum absolute atomic E-state index is 0.255. The van der Waals surface area contributed by atoms with E-state index in [1.807, 2.05) is 14.0 Å². The van der Waals surface area contributed by atoms with E-state index in [1.165, 1.54) is 11.3 Å². The third-order valence-corrected chi connectivity index (χ3v) is 6.57. The number of hydrogen-bond acceptors (Lipinski definition) is 5. The van der Waals surface area contributed by atoms with E-state index in [9.17, 15) is 8.42 Å². The molecule has 0 bridgehead atoms. The minimum Gasteiger partial charge on any atom is -0.315 e. The number of rotatable bonds is 7. The summed E-state index contributed by atoms with van der Waals surface area (Å²) in [6.45, 7) is 2.94. The summed E-state index contributed by atoms with van der Waals surface area (Å²) >= 11 is 4.74. The van der Waals surface area contributed by atoms with Crippen molar-refractivity contribution in [3.63, 3.8) is 0 Å². The van der Waals surface area contributed by atoms with Crippen LogP contribution in [0.2, 0.25) is 0 Å². The Hall–Kier alpha value is -0.740. The molecule has 0 radical (unpaired) electrons. The van der Waals surface area contributed by atoms with Crippen molar-refractivity contribution in [3.05, 3.63) is 33.2 Å². The molecule has 116 valence electrons. The molecule has 2 rings (SSSR count). The molecular weight excluding hydrogens is 376 g/mol. The van der Waals surface area contributed by atoms with Gasteiger partial charge in [-0.3, -0.25) is 4.68 Å². The summed E-state index contributed by atoms with van der Waals surface area (Å²) in [6.07, 6.45) is 3.47. The van der Waals surface area contributed by atoms with Gasteiger partial charge in [0.05, 0.1) is 10.3 Å². The molecule has 21 heavy (non-hydrogen) atoms. The Morgan fingerprint density at radius 1 is 1.52 bits per heavy atom. The number of aromatic nitrogens is 2. The fraction of sp³-hybridized carbons (Fsp3) is 0.417. The summed E-state index contributed by atoms with van der Waals surface area (Å²) in [6, 6.07) is 3.24. The van der Waals surface area contributed by atoms with Gasteiger partial charge in [0.1, 0.15) is 4.90 Å². The highest BCUT2D eigenvalue weighted by Crippen LogP contribution is 2.31. The lowest BCUT2D eigenvalue weighted by Gasteiger charge is -2.13. The average Bonchev–Trinajstić information content (AvgIpc) is 2.99. The van der Waals surface area contributed by atoms with Crippen LogP contribution in [0.1, 0.15) is 11.8 Å². The minimum atomic E-state index is -3.55. The van der Waals surface area contributed by atoms with Crippen LogP contribution in [0.5, 0.6) is 0 Å². The second-order valence-electron chi connectivity index (χ2n) is 4.63. The molecule has 2 N–H and O–H groups in total. The molecule has 0 saturated carbocycles. The molecule has 0 aromatic carbocycles. The predicted octanol–water partition coefficient (Wildman–Crippen LogP) is 1.79. The maximum Gasteiger partial charge on any atom is 0.242 e. The normalized spacial score (nSPS) is 13.5. The summed E-state index contributed by atoms with van der Waals surface area (Å²) in [5, 5.41) is 7.08. The first-order chi connectivity index (χ1) is 9.92. The van der Waals surface area contributed by atoms with Gasteiger partial charge in [0.25, 0.3) is 0 Å². The largest absolute Gasteiger partial charge is 0.315 e. The van der Waals surface area contributed by atoms with Gasteiger partial charge in [-0.25, -0.2) is 13.1 Å². The van der Waals surface area contributed by atoms with E-state index in [0.29, 0.717) is 16.9 Å². The van der Waals surface area contributed by atoms with Gasteiger partial charge in [-0.2, -0.15) is 5.10 Å². The Morgan fingerprint density at radius 3 is 2.90 bits per heavy atom. The van der Waals surface area contributed by atoms with Crippen molar-refractivity contribution in [2.24, 2.45) is 0 Å². The zero-order valence-corrected chi connectivity index (χ0v) is 14.9. The fourth-order valence-electron chi connectivity index (χ4n) is 1.90. The van der Waals surface area contributed by atoms with Crippen LogP contribution in [-0.2, 0) is 23.1 Å². The van der Waals surface area contributed by atoms with Crippen molar-refractivity contribution in [1.82, 2.24) is 19.8 Å². The third-order valence-electron chi connectivity index (χ3n) is 2.72. The molecule has 0 spiro atoms. The quantitative estimate of drug-likeness (QED) is 0.752. The van der Waals surface area contributed by atoms with Crippen molar-refractivity contribution in [2.45, 2.75) is 31.0 Å². The van der Waals surface area contributed by atoms with Crippen LogP contribution in [0.25, 0.3) is 0 Å². The number of thiophene rings is 1. The number of halogens is 1. The first kappa shape index (κ1) is 16.6. The van der Waals surface area contributed by atoms with Crippen molar-refractivity contribution >= 4 is 37.3 Å². The van der Waals surface area contributed by atoms with Gasteiger partial charge in [0.2, 0.25) is 10.0 Å². The molecule has 2 aromatic rings. The van der Waals surface area contributed by atoms with Gasteiger partial charge < -0.3 is 5.32 Å².